The molecule has 0 unspecified atom stereocenters. The summed E-state index contributed by atoms with van der Waals surface area (Å²) in [6.07, 6.45) is 0. The summed E-state index contributed by atoms with van der Waals surface area (Å²) in [5.74, 6) is 1.82. The quantitative estimate of drug-likeness (QED) is 0.173. The third-order valence-electron chi connectivity index (χ3n) is 12.8. The zero-order chi connectivity index (χ0) is 41.9. The third kappa shape index (κ3) is 5.22. The zero-order valence-corrected chi connectivity index (χ0v) is 34.9. The minimum absolute atomic E-state index is 0.589. The lowest BCUT2D eigenvalue weighted by Gasteiger charge is -2.11. The summed E-state index contributed by atoms with van der Waals surface area (Å²) in [6.45, 7) is 0. The molecule has 0 radical (unpaired) electrons. The van der Waals surface area contributed by atoms with Crippen LogP contribution in [0.2, 0.25) is 0 Å². The second kappa shape index (κ2) is 13.6. The van der Waals surface area contributed by atoms with E-state index in [0.29, 0.717) is 17.5 Å². The average molecular weight is 836 g/mol. The molecule has 5 aromatic heterocycles. The SMILES string of the molecule is c1ccc(-n2c3ccccc3c3cc4c(cc32)c2ccccc2n4-c2ccc(-c3nc(-c4ccc5c(c4)oc4ccccc45)nc(-c4cccc5c4sc4ccccc45)n3)cc2)cc1. The average Bonchev–Trinajstić information content (AvgIpc) is 4.11. The molecule has 0 saturated carbocycles. The second-order valence-electron chi connectivity index (χ2n) is 16.4. The van der Waals surface area contributed by atoms with Crippen molar-refractivity contribution < 1.29 is 4.42 Å². The van der Waals surface area contributed by atoms with E-state index in [0.717, 1.165) is 65.7 Å². The molecule has 64 heavy (non-hydrogen) atoms. The molecular formula is C57H33N5OS. The van der Waals surface area contributed by atoms with Gasteiger partial charge in [-0.3, -0.25) is 0 Å². The number of furan rings is 1. The lowest BCUT2D eigenvalue weighted by molar-refractivity contribution is 0.669. The van der Waals surface area contributed by atoms with E-state index in [-0.39, 0.29) is 0 Å². The van der Waals surface area contributed by atoms with Crippen LogP contribution in [0.1, 0.15) is 0 Å². The van der Waals surface area contributed by atoms with Crippen LogP contribution in [0.25, 0.3) is 131 Å². The molecule has 0 N–H and O–H groups in total. The Bertz CT molecular complexity index is 4200. The van der Waals surface area contributed by atoms with Crippen LogP contribution in [-0.2, 0) is 0 Å². The standard InChI is InChI=1S/C57H33N5OS/c1-2-13-36(14-3-1)61-47-21-8-4-15-38(47)45-33-50-46(32-49(45)61)39-16-5-9-22-48(39)62(50)37-28-25-34(26-29-37)55-58-56(35-27-30-41-40-17-6-10-23-51(40)63-52(41)31-35)60-57(59-55)44-20-12-19-43-42-18-7-11-24-53(42)64-54(43)44/h1-33H. The number of hydrogen-bond acceptors (Lipinski definition) is 5. The maximum atomic E-state index is 6.34. The Morgan fingerprint density at radius 2 is 0.891 bits per heavy atom. The van der Waals surface area contributed by atoms with Gasteiger partial charge in [-0.25, -0.2) is 15.0 Å². The van der Waals surface area contributed by atoms with E-state index < -0.39 is 0 Å². The number of nitrogens with zero attached hydrogens (tertiary/aromatic N) is 5. The van der Waals surface area contributed by atoms with Gasteiger partial charge in [0.05, 0.1) is 22.1 Å². The normalized spacial score (nSPS) is 12.1. The van der Waals surface area contributed by atoms with Crippen LogP contribution in [0.4, 0.5) is 0 Å². The van der Waals surface area contributed by atoms with Gasteiger partial charge in [-0.2, -0.15) is 0 Å². The van der Waals surface area contributed by atoms with Gasteiger partial charge in [0, 0.05) is 80.6 Å². The highest BCUT2D eigenvalue weighted by molar-refractivity contribution is 7.26. The Hall–Kier alpha value is -8.39. The lowest BCUT2D eigenvalue weighted by Crippen LogP contribution is -2.01. The van der Waals surface area contributed by atoms with Crippen LogP contribution in [0.5, 0.6) is 0 Å². The molecule has 7 heteroatoms. The molecule has 298 valence electrons. The van der Waals surface area contributed by atoms with Crippen molar-refractivity contribution in [2.45, 2.75) is 0 Å². The minimum atomic E-state index is 0.589. The van der Waals surface area contributed by atoms with E-state index in [1.165, 1.54) is 48.1 Å². The van der Waals surface area contributed by atoms with Gasteiger partial charge in [0.15, 0.2) is 17.5 Å². The molecule has 5 heterocycles. The third-order valence-corrected chi connectivity index (χ3v) is 14.0. The summed E-state index contributed by atoms with van der Waals surface area (Å²) in [6, 6.07) is 70.9. The monoisotopic (exact) mass is 835 g/mol. The number of thiophene rings is 1. The number of rotatable bonds is 5. The van der Waals surface area contributed by atoms with Crippen molar-refractivity contribution in [1.82, 2.24) is 24.1 Å². The summed E-state index contributed by atoms with van der Waals surface area (Å²) in [4.78, 5) is 15.7. The molecule has 0 bridgehead atoms. The van der Waals surface area contributed by atoms with Gasteiger partial charge in [-0.1, -0.05) is 109 Å². The predicted octanol–water partition coefficient (Wildman–Crippen LogP) is 15.3. The molecule has 0 aliphatic heterocycles. The smallest absolute Gasteiger partial charge is 0.165 e. The molecule has 6 nitrogen and oxygen atoms in total. The first kappa shape index (κ1) is 35.2. The first-order chi connectivity index (χ1) is 31.7. The Morgan fingerprint density at radius 3 is 1.62 bits per heavy atom. The minimum Gasteiger partial charge on any atom is -0.456 e. The summed E-state index contributed by atoms with van der Waals surface area (Å²) in [5, 5.41) is 9.43. The molecule has 9 aromatic carbocycles. The summed E-state index contributed by atoms with van der Waals surface area (Å²) in [5.41, 5.74) is 11.3. The summed E-state index contributed by atoms with van der Waals surface area (Å²) >= 11 is 1.77. The van der Waals surface area contributed by atoms with Crippen molar-refractivity contribution in [2.75, 3.05) is 0 Å². The maximum absolute atomic E-state index is 6.34. The number of para-hydroxylation sites is 4. The summed E-state index contributed by atoms with van der Waals surface area (Å²) < 4.78 is 13.5. The van der Waals surface area contributed by atoms with Crippen LogP contribution < -0.4 is 0 Å². The fourth-order valence-electron chi connectivity index (χ4n) is 9.87. The molecule has 0 aliphatic carbocycles. The van der Waals surface area contributed by atoms with Gasteiger partial charge in [-0.05, 0) is 91.0 Å². The number of benzene rings is 9. The van der Waals surface area contributed by atoms with Crippen molar-refractivity contribution >= 4 is 97.1 Å². The van der Waals surface area contributed by atoms with E-state index in [2.05, 4.69) is 191 Å². The van der Waals surface area contributed by atoms with Crippen LogP contribution >= 0.6 is 11.3 Å². The molecular weight excluding hydrogens is 803 g/mol. The van der Waals surface area contributed by atoms with Gasteiger partial charge in [0.1, 0.15) is 11.2 Å². The van der Waals surface area contributed by atoms with Gasteiger partial charge >= 0.3 is 0 Å². The molecule has 0 spiro atoms. The maximum Gasteiger partial charge on any atom is 0.165 e. The number of hydrogen-bond donors (Lipinski definition) is 0. The molecule has 0 fully saturated rings. The molecule has 0 saturated heterocycles. The number of aromatic nitrogens is 5. The first-order valence-electron chi connectivity index (χ1n) is 21.4. The van der Waals surface area contributed by atoms with Crippen LogP contribution in [0.3, 0.4) is 0 Å². The zero-order valence-electron chi connectivity index (χ0n) is 34.1. The van der Waals surface area contributed by atoms with Crippen molar-refractivity contribution in [3.05, 3.63) is 200 Å². The first-order valence-corrected chi connectivity index (χ1v) is 22.2. The van der Waals surface area contributed by atoms with E-state index in [1.54, 1.807) is 11.3 Å². The lowest BCUT2D eigenvalue weighted by atomic mass is 10.1. The van der Waals surface area contributed by atoms with Crippen molar-refractivity contribution in [1.29, 1.82) is 0 Å². The molecule has 0 atom stereocenters. The molecule has 0 amide bonds. The Kier molecular flexibility index (Phi) is 7.46. The fraction of sp³-hybridized carbons (Fsp3) is 0. The van der Waals surface area contributed by atoms with Crippen LogP contribution in [0.15, 0.2) is 205 Å². The van der Waals surface area contributed by atoms with E-state index in [4.69, 9.17) is 19.4 Å². The Balaban J connectivity index is 0.950. The van der Waals surface area contributed by atoms with Gasteiger partial charge in [-0.15, -0.1) is 11.3 Å². The Labute approximate surface area is 369 Å². The van der Waals surface area contributed by atoms with Gasteiger partial charge in [0.2, 0.25) is 0 Å². The largest absolute Gasteiger partial charge is 0.456 e. The second-order valence-corrected chi connectivity index (χ2v) is 17.4. The van der Waals surface area contributed by atoms with Gasteiger partial charge < -0.3 is 13.6 Å². The molecule has 14 rings (SSSR count). The van der Waals surface area contributed by atoms with Crippen molar-refractivity contribution in [3.8, 4) is 45.5 Å². The van der Waals surface area contributed by atoms with Crippen molar-refractivity contribution in [2.24, 2.45) is 0 Å². The number of fused-ring (bicyclic) bond motifs is 12. The van der Waals surface area contributed by atoms with E-state index >= 15 is 0 Å². The summed E-state index contributed by atoms with van der Waals surface area (Å²) in [7, 11) is 0. The van der Waals surface area contributed by atoms with Crippen LogP contribution in [0, 0.1) is 0 Å². The van der Waals surface area contributed by atoms with E-state index in [1.807, 2.05) is 18.2 Å². The Morgan fingerprint density at radius 1 is 0.344 bits per heavy atom. The van der Waals surface area contributed by atoms with Crippen molar-refractivity contribution in [3.63, 3.8) is 0 Å². The predicted molar refractivity (Wildman–Crippen MR) is 265 cm³/mol. The van der Waals surface area contributed by atoms with E-state index in [9.17, 15) is 0 Å². The highest BCUT2D eigenvalue weighted by Gasteiger charge is 2.21. The molecule has 14 aromatic rings. The topological polar surface area (TPSA) is 61.7 Å². The highest BCUT2D eigenvalue weighted by Crippen LogP contribution is 2.42. The van der Waals surface area contributed by atoms with Crippen LogP contribution in [-0.4, -0.2) is 24.1 Å². The van der Waals surface area contributed by atoms with Gasteiger partial charge in [0.25, 0.3) is 0 Å². The molecule has 0 aliphatic rings. The highest BCUT2D eigenvalue weighted by atomic mass is 32.1. The fourth-order valence-corrected chi connectivity index (χ4v) is 11.1.